The van der Waals surface area contributed by atoms with Gasteiger partial charge < -0.3 is 9.47 Å². The lowest BCUT2D eigenvalue weighted by Crippen LogP contribution is -2.43. The smallest absolute Gasteiger partial charge is 0.341 e. The van der Waals surface area contributed by atoms with Crippen molar-refractivity contribution in [1.29, 1.82) is 0 Å². The molecule has 33 heavy (non-hydrogen) atoms. The van der Waals surface area contributed by atoms with E-state index in [1.165, 1.54) is 6.07 Å². The summed E-state index contributed by atoms with van der Waals surface area (Å²) in [7, 11) is 0. The molecule has 2 aromatic carbocycles. The monoisotopic (exact) mass is 493 g/mol. The van der Waals surface area contributed by atoms with E-state index in [1.807, 2.05) is 12.1 Å². The van der Waals surface area contributed by atoms with E-state index in [2.05, 4.69) is 4.90 Å². The average Bonchev–Trinajstić information content (AvgIpc) is 3.51. The van der Waals surface area contributed by atoms with Crippen molar-refractivity contribution in [3.63, 3.8) is 0 Å². The molecule has 0 bridgehead atoms. The number of hydrogen-bond donors (Lipinski definition) is 0. The standard InChI is InChI=1S/C26H30Cl2FNO3/c1-26(2,3)33-25(31)23-13-22(17-4-5-17)18(11-24(23)29)14-30-6-7-32-21(15-30)10-16-8-19(27)12-20(28)9-16/h8-9,11-13,17,21H,4-7,10,14-15H2,1-3H3. The van der Waals surface area contributed by atoms with E-state index in [0.29, 0.717) is 35.5 Å². The molecule has 1 saturated carbocycles. The van der Waals surface area contributed by atoms with E-state index < -0.39 is 17.4 Å². The van der Waals surface area contributed by atoms with Crippen LogP contribution in [0.15, 0.2) is 30.3 Å². The van der Waals surface area contributed by atoms with Gasteiger partial charge in [0.05, 0.1) is 18.3 Å². The van der Waals surface area contributed by atoms with Gasteiger partial charge in [-0.1, -0.05) is 23.2 Å². The first-order valence-corrected chi connectivity index (χ1v) is 12.2. The maximum atomic E-state index is 15.0. The van der Waals surface area contributed by atoms with E-state index in [4.69, 9.17) is 32.7 Å². The van der Waals surface area contributed by atoms with Gasteiger partial charge in [-0.15, -0.1) is 0 Å². The van der Waals surface area contributed by atoms with Gasteiger partial charge in [0, 0.05) is 29.7 Å². The van der Waals surface area contributed by atoms with Crippen LogP contribution in [-0.2, 0) is 22.4 Å². The highest BCUT2D eigenvalue weighted by molar-refractivity contribution is 6.34. The van der Waals surface area contributed by atoms with Gasteiger partial charge in [-0.2, -0.15) is 0 Å². The molecule has 1 heterocycles. The molecule has 1 atom stereocenters. The quantitative estimate of drug-likeness (QED) is 0.435. The second-order valence-corrected chi connectivity index (χ2v) is 10.9. The number of carbonyl (C=O) groups excluding carboxylic acids is 1. The molecule has 0 aromatic heterocycles. The number of rotatable bonds is 6. The Balaban J connectivity index is 1.48. The summed E-state index contributed by atoms with van der Waals surface area (Å²) < 4.78 is 26.4. The van der Waals surface area contributed by atoms with Crippen LogP contribution in [0.5, 0.6) is 0 Å². The lowest BCUT2D eigenvalue weighted by Gasteiger charge is -2.33. The molecule has 4 rings (SSSR count). The highest BCUT2D eigenvalue weighted by Crippen LogP contribution is 2.43. The third-order valence-corrected chi connectivity index (χ3v) is 6.30. The molecule has 1 aliphatic heterocycles. The third kappa shape index (κ3) is 6.69. The summed E-state index contributed by atoms with van der Waals surface area (Å²) >= 11 is 12.3. The zero-order valence-electron chi connectivity index (χ0n) is 19.3. The Bertz CT molecular complexity index is 1010. The Labute approximate surface area is 205 Å². The first-order valence-electron chi connectivity index (χ1n) is 11.4. The molecule has 178 valence electrons. The Morgan fingerprint density at radius 1 is 1.15 bits per heavy atom. The Hall–Kier alpha value is -1.66. The first kappa shape index (κ1) is 24.5. The van der Waals surface area contributed by atoms with Crippen LogP contribution in [-0.4, -0.2) is 42.3 Å². The molecular weight excluding hydrogens is 464 g/mol. The largest absolute Gasteiger partial charge is 0.456 e. The molecule has 1 saturated heterocycles. The van der Waals surface area contributed by atoms with Crippen molar-refractivity contribution < 1.29 is 18.7 Å². The lowest BCUT2D eigenvalue weighted by atomic mass is 9.98. The van der Waals surface area contributed by atoms with Gasteiger partial charge in [-0.3, -0.25) is 4.90 Å². The van der Waals surface area contributed by atoms with Crippen LogP contribution in [0.1, 0.15) is 66.6 Å². The second kappa shape index (κ2) is 9.91. The lowest BCUT2D eigenvalue weighted by molar-refractivity contribution is -0.0305. The van der Waals surface area contributed by atoms with Crippen molar-refractivity contribution in [2.24, 2.45) is 0 Å². The fourth-order valence-corrected chi connectivity index (χ4v) is 4.88. The van der Waals surface area contributed by atoms with Gasteiger partial charge in [0.2, 0.25) is 0 Å². The van der Waals surface area contributed by atoms with Gasteiger partial charge in [-0.05, 0) is 93.0 Å². The highest BCUT2D eigenvalue weighted by atomic mass is 35.5. The molecular formula is C26H30Cl2FNO3. The minimum Gasteiger partial charge on any atom is -0.456 e. The van der Waals surface area contributed by atoms with Crippen molar-refractivity contribution in [1.82, 2.24) is 4.90 Å². The minimum atomic E-state index is -0.669. The molecule has 2 aromatic rings. The summed E-state index contributed by atoms with van der Waals surface area (Å²) in [4.78, 5) is 14.8. The van der Waals surface area contributed by atoms with E-state index in [-0.39, 0.29) is 11.7 Å². The Morgan fingerprint density at radius 2 is 1.85 bits per heavy atom. The molecule has 2 aliphatic rings. The molecule has 4 nitrogen and oxygen atoms in total. The van der Waals surface area contributed by atoms with Crippen LogP contribution in [0.2, 0.25) is 10.0 Å². The van der Waals surface area contributed by atoms with Gasteiger partial charge in [0.25, 0.3) is 0 Å². The molecule has 7 heteroatoms. The molecule has 1 unspecified atom stereocenters. The van der Waals surface area contributed by atoms with Crippen LogP contribution in [0.25, 0.3) is 0 Å². The van der Waals surface area contributed by atoms with Crippen LogP contribution >= 0.6 is 23.2 Å². The highest BCUT2D eigenvalue weighted by Gasteiger charge is 2.31. The third-order valence-electron chi connectivity index (χ3n) is 5.87. The summed E-state index contributed by atoms with van der Waals surface area (Å²) in [5.74, 6) is -0.755. The zero-order chi connectivity index (χ0) is 23.8. The number of ether oxygens (including phenoxy) is 2. The number of halogens is 3. The predicted molar refractivity (Wildman–Crippen MR) is 129 cm³/mol. The number of benzene rings is 2. The molecule has 0 spiro atoms. The van der Waals surface area contributed by atoms with Crippen molar-refractivity contribution in [3.8, 4) is 0 Å². The maximum absolute atomic E-state index is 15.0. The van der Waals surface area contributed by atoms with E-state index >= 15 is 0 Å². The molecule has 0 radical (unpaired) electrons. The zero-order valence-corrected chi connectivity index (χ0v) is 20.8. The number of hydrogen-bond acceptors (Lipinski definition) is 4. The van der Waals surface area contributed by atoms with Gasteiger partial charge in [0.1, 0.15) is 11.4 Å². The first-order chi connectivity index (χ1) is 15.6. The Kier molecular flexibility index (Phi) is 7.35. The molecule has 1 aliphatic carbocycles. The SMILES string of the molecule is CC(C)(C)OC(=O)c1cc(C2CC2)c(CN2CCOC(Cc3cc(Cl)cc(Cl)c3)C2)cc1F. The fourth-order valence-electron chi connectivity index (χ4n) is 4.31. The number of nitrogens with zero attached hydrogens (tertiary/aromatic N) is 1. The van der Waals surface area contributed by atoms with Crippen LogP contribution in [0.3, 0.4) is 0 Å². The average molecular weight is 494 g/mol. The van der Waals surface area contributed by atoms with Gasteiger partial charge in [0.15, 0.2) is 0 Å². The van der Waals surface area contributed by atoms with E-state index in [9.17, 15) is 9.18 Å². The summed E-state index contributed by atoms with van der Waals surface area (Å²) in [5, 5.41) is 1.22. The summed E-state index contributed by atoms with van der Waals surface area (Å²) in [6.45, 7) is 8.07. The summed E-state index contributed by atoms with van der Waals surface area (Å²) in [6.07, 6.45) is 2.84. The van der Waals surface area contributed by atoms with Gasteiger partial charge >= 0.3 is 5.97 Å². The molecule has 2 fully saturated rings. The van der Waals surface area contributed by atoms with Crippen LogP contribution in [0, 0.1) is 5.82 Å². The number of carbonyl (C=O) groups is 1. The van der Waals surface area contributed by atoms with Crippen LogP contribution < -0.4 is 0 Å². The topological polar surface area (TPSA) is 38.8 Å². The molecule has 0 amide bonds. The Morgan fingerprint density at radius 3 is 2.48 bits per heavy atom. The predicted octanol–water partition coefficient (Wildman–Crippen LogP) is 6.41. The summed E-state index contributed by atoms with van der Waals surface area (Å²) in [6, 6.07) is 8.77. The van der Waals surface area contributed by atoms with Crippen LogP contribution in [0.4, 0.5) is 4.39 Å². The normalized spacial score (nSPS) is 19.5. The number of esters is 1. The summed E-state index contributed by atoms with van der Waals surface area (Å²) in [5.41, 5.74) is 2.38. The minimum absolute atomic E-state index is 0.00328. The van der Waals surface area contributed by atoms with E-state index in [0.717, 1.165) is 42.6 Å². The van der Waals surface area contributed by atoms with Crippen molar-refractivity contribution >= 4 is 29.2 Å². The second-order valence-electron chi connectivity index (χ2n) is 10.0. The molecule has 0 N–H and O–H groups in total. The van der Waals surface area contributed by atoms with Crippen molar-refractivity contribution in [3.05, 3.63) is 68.4 Å². The van der Waals surface area contributed by atoms with Gasteiger partial charge in [-0.25, -0.2) is 9.18 Å². The van der Waals surface area contributed by atoms with E-state index in [1.54, 1.807) is 32.9 Å². The van der Waals surface area contributed by atoms with Crippen molar-refractivity contribution in [2.75, 3.05) is 19.7 Å². The van der Waals surface area contributed by atoms with Crippen molar-refractivity contribution in [2.45, 2.75) is 64.2 Å². The maximum Gasteiger partial charge on any atom is 0.341 e. The number of morpholine rings is 1. The fraction of sp³-hybridized carbons (Fsp3) is 0.500.